The normalized spacial score (nSPS) is 16.9. The topological polar surface area (TPSA) is 85.7 Å². The van der Waals surface area contributed by atoms with E-state index in [1.54, 1.807) is 12.1 Å². The standard InChI is InChI=1S/C32H30Cl2N4O2/c33-25-8-1-4-21(14-25)16-29(39)19-27-10-12-31(37-35-27)23-6-3-7-24(18-23)32-13-11-28(36-38-32)20-30(40)17-22-5-2-9-26(34)15-22/h1-2,4-5,8-15,23-24H,3,6-7,16-20H2/t23-,24-/m0/s1. The number of nitrogens with zero attached hydrogens (tertiary/aromatic N) is 4. The summed E-state index contributed by atoms with van der Waals surface area (Å²) in [5.74, 6) is 0.719. The Balaban J connectivity index is 1.14. The fourth-order valence-electron chi connectivity index (χ4n) is 5.37. The van der Waals surface area contributed by atoms with Crippen LogP contribution < -0.4 is 0 Å². The second-order valence-corrected chi connectivity index (χ2v) is 11.4. The molecular weight excluding hydrogens is 543 g/mol. The summed E-state index contributed by atoms with van der Waals surface area (Å²) < 4.78 is 0. The molecule has 1 saturated carbocycles. The molecule has 0 N–H and O–H groups in total. The first kappa shape index (κ1) is 28.1. The Morgan fingerprint density at radius 3 is 1.50 bits per heavy atom. The highest BCUT2D eigenvalue weighted by Gasteiger charge is 2.27. The van der Waals surface area contributed by atoms with Gasteiger partial charge in [0.05, 0.1) is 35.6 Å². The summed E-state index contributed by atoms with van der Waals surface area (Å²) in [6, 6.07) is 22.6. The number of ketones is 2. The molecule has 0 radical (unpaired) electrons. The Hall–Kier alpha value is -3.48. The van der Waals surface area contributed by atoms with E-state index in [9.17, 15) is 9.59 Å². The van der Waals surface area contributed by atoms with Crippen LogP contribution in [0.5, 0.6) is 0 Å². The Labute approximate surface area is 244 Å². The van der Waals surface area contributed by atoms with E-state index in [4.69, 9.17) is 23.2 Å². The molecule has 0 bridgehead atoms. The first-order valence-electron chi connectivity index (χ1n) is 13.6. The zero-order valence-electron chi connectivity index (χ0n) is 22.1. The fraction of sp³-hybridized carbons (Fsp3) is 0.312. The number of halogens is 2. The summed E-state index contributed by atoms with van der Waals surface area (Å²) in [5, 5.41) is 18.9. The van der Waals surface area contributed by atoms with Gasteiger partial charge < -0.3 is 0 Å². The van der Waals surface area contributed by atoms with Gasteiger partial charge >= 0.3 is 0 Å². The van der Waals surface area contributed by atoms with Crippen molar-refractivity contribution in [1.82, 2.24) is 20.4 Å². The molecule has 2 heterocycles. The Morgan fingerprint density at radius 2 is 1.10 bits per heavy atom. The zero-order valence-corrected chi connectivity index (χ0v) is 23.6. The average molecular weight is 574 g/mol. The molecule has 5 rings (SSSR count). The van der Waals surface area contributed by atoms with Crippen LogP contribution in [-0.2, 0) is 35.3 Å². The van der Waals surface area contributed by atoms with Gasteiger partial charge in [-0.2, -0.15) is 20.4 Å². The van der Waals surface area contributed by atoms with Gasteiger partial charge in [0.25, 0.3) is 0 Å². The predicted molar refractivity (Wildman–Crippen MR) is 156 cm³/mol. The lowest BCUT2D eigenvalue weighted by atomic mass is 9.78. The van der Waals surface area contributed by atoms with Crippen molar-refractivity contribution in [3.63, 3.8) is 0 Å². The molecule has 8 heteroatoms. The summed E-state index contributed by atoms with van der Waals surface area (Å²) in [4.78, 5) is 25.0. The van der Waals surface area contributed by atoms with Crippen molar-refractivity contribution in [2.24, 2.45) is 0 Å². The van der Waals surface area contributed by atoms with Crippen LogP contribution in [-0.4, -0.2) is 32.0 Å². The third-order valence-corrected chi connectivity index (χ3v) is 7.80. The molecule has 2 aromatic heterocycles. The summed E-state index contributed by atoms with van der Waals surface area (Å²) in [6.45, 7) is 0. The first-order chi connectivity index (χ1) is 19.4. The Bertz CT molecular complexity index is 1360. The van der Waals surface area contributed by atoms with Gasteiger partial charge in [-0.1, -0.05) is 53.9 Å². The number of hydrogen-bond acceptors (Lipinski definition) is 6. The van der Waals surface area contributed by atoms with E-state index in [0.29, 0.717) is 34.3 Å². The van der Waals surface area contributed by atoms with Crippen molar-refractivity contribution in [2.75, 3.05) is 0 Å². The molecule has 2 aromatic carbocycles. The second kappa shape index (κ2) is 13.2. The maximum Gasteiger partial charge on any atom is 0.143 e. The Morgan fingerprint density at radius 1 is 0.625 bits per heavy atom. The van der Waals surface area contributed by atoms with E-state index in [-0.39, 0.29) is 36.2 Å². The van der Waals surface area contributed by atoms with E-state index in [1.807, 2.05) is 60.7 Å². The van der Waals surface area contributed by atoms with E-state index >= 15 is 0 Å². The van der Waals surface area contributed by atoms with E-state index in [0.717, 1.165) is 48.2 Å². The maximum absolute atomic E-state index is 12.5. The molecule has 4 aromatic rings. The molecule has 0 aliphatic heterocycles. The van der Waals surface area contributed by atoms with Crippen molar-refractivity contribution in [2.45, 2.75) is 63.2 Å². The SMILES string of the molecule is O=C(Cc1cccc(Cl)c1)Cc1ccc([C@H]2CCC[C@H](c3ccc(CC(=O)Cc4cccc(Cl)c4)nn3)C2)nn1. The second-order valence-electron chi connectivity index (χ2n) is 10.5. The molecule has 1 aliphatic carbocycles. The Kier molecular flexibility index (Phi) is 9.30. The van der Waals surface area contributed by atoms with Crippen molar-refractivity contribution in [1.29, 1.82) is 0 Å². The number of aromatic nitrogens is 4. The zero-order chi connectivity index (χ0) is 27.9. The largest absolute Gasteiger partial charge is 0.299 e. The monoisotopic (exact) mass is 572 g/mol. The first-order valence-corrected chi connectivity index (χ1v) is 14.3. The highest BCUT2D eigenvalue weighted by molar-refractivity contribution is 6.30. The van der Waals surface area contributed by atoms with Crippen LogP contribution in [0.2, 0.25) is 10.0 Å². The smallest absolute Gasteiger partial charge is 0.143 e. The summed E-state index contributed by atoms with van der Waals surface area (Å²) in [5.41, 5.74) is 5.05. The lowest BCUT2D eigenvalue weighted by Gasteiger charge is -2.28. The number of Topliss-reactive ketones (excluding diaryl/α,β-unsaturated/α-hetero) is 2. The van der Waals surface area contributed by atoms with Crippen molar-refractivity contribution < 1.29 is 9.59 Å². The lowest BCUT2D eigenvalue weighted by molar-refractivity contribution is -0.118. The number of benzene rings is 2. The van der Waals surface area contributed by atoms with Crippen LogP contribution >= 0.6 is 23.2 Å². The van der Waals surface area contributed by atoms with Gasteiger partial charge in [-0.25, -0.2) is 0 Å². The summed E-state index contributed by atoms with van der Waals surface area (Å²) in [6.07, 6.45) is 5.22. The van der Waals surface area contributed by atoms with E-state index in [1.165, 1.54) is 0 Å². The molecule has 1 fully saturated rings. The molecule has 40 heavy (non-hydrogen) atoms. The van der Waals surface area contributed by atoms with Crippen LogP contribution in [0.15, 0.2) is 72.8 Å². The van der Waals surface area contributed by atoms with Crippen LogP contribution in [0.4, 0.5) is 0 Å². The fourth-order valence-corrected chi connectivity index (χ4v) is 5.80. The number of carbonyl (C=O) groups excluding carboxylic acids is 2. The minimum Gasteiger partial charge on any atom is -0.299 e. The van der Waals surface area contributed by atoms with Crippen LogP contribution in [0.1, 0.15) is 71.4 Å². The minimum absolute atomic E-state index is 0.0789. The number of rotatable bonds is 10. The molecule has 204 valence electrons. The minimum atomic E-state index is 0.0789. The molecular formula is C32H30Cl2N4O2. The molecule has 0 spiro atoms. The van der Waals surface area contributed by atoms with Gasteiger partial charge in [0.15, 0.2) is 0 Å². The highest BCUT2D eigenvalue weighted by atomic mass is 35.5. The maximum atomic E-state index is 12.5. The van der Waals surface area contributed by atoms with Crippen molar-refractivity contribution >= 4 is 34.8 Å². The van der Waals surface area contributed by atoms with Gasteiger partial charge in [-0.15, -0.1) is 0 Å². The predicted octanol–water partition coefficient (Wildman–Crippen LogP) is 6.72. The molecule has 1 aliphatic rings. The van der Waals surface area contributed by atoms with Crippen LogP contribution in [0.25, 0.3) is 0 Å². The quantitative estimate of drug-likeness (QED) is 0.209. The van der Waals surface area contributed by atoms with Crippen molar-refractivity contribution in [3.8, 4) is 0 Å². The van der Waals surface area contributed by atoms with E-state index < -0.39 is 0 Å². The third kappa shape index (κ3) is 7.80. The third-order valence-electron chi connectivity index (χ3n) is 7.33. The number of carbonyl (C=O) groups is 2. The summed E-state index contributed by atoms with van der Waals surface area (Å²) in [7, 11) is 0. The molecule has 2 atom stereocenters. The van der Waals surface area contributed by atoms with Gasteiger partial charge in [0.2, 0.25) is 0 Å². The van der Waals surface area contributed by atoms with Gasteiger partial charge in [-0.05, 0) is 78.9 Å². The van der Waals surface area contributed by atoms with Gasteiger partial charge in [-0.3, -0.25) is 9.59 Å². The van der Waals surface area contributed by atoms with Gasteiger partial charge in [0, 0.05) is 34.7 Å². The molecule has 0 amide bonds. The summed E-state index contributed by atoms with van der Waals surface area (Å²) >= 11 is 12.1. The molecule has 0 saturated heterocycles. The average Bonchev–Trinajstić information content (AvgIpc) is 2.94. The molecule has 6 nitrogen and oxygen atoms in total. The van der Waals surface area contributed by atoms with Crippen LogP contribution in [0, 0.1) is 0 Å². The van der Waals surface area contributed by atoms with E-state index in [2.05, 4.69) is 20.4 Å². The van der Waals surface area contributed by atoms with Gasteiger partial charge in [0.1, 0.15) is 11.6 Å². The van der Waals surface area contributed by atoms with Crippen LogP contribution in [0.3, 0.4) is 0 Å². The highest BCUT2D eigenvalue weighted by Crippen LogP contribution is 2.39. The lowest BCUT2D eigenvalue weighted by Crippen LogP contribution is -2.17. The molecule has 0 unspecified atom stereocenters. The van der Waals surface area contributed by atoms with Crippen molar-refractivity contribution in [3.05, 3.63) is 117 Å². The number of hydrogen-bond donors (Lipinski definition) is 0.